The zero-order valence-corrected chi connectivity index (χ0v) is 19.8. The molecule has 2 N–H and O–H groups in total. The Labute approximate surface area is 166 Å². The molecule has 0 bridgehead atoms. The summed E-state index contributed by atoms with van der Waals surface area (Å²) >= 11 is 0. The molecule has 0 fully saturated rings. The second-order valence-corrected chi connectivity index (χ2v) is 10.1. The lowest BCUT2D eigenvalue weighted by atomic mass is 9.74. The van der Waals surface area contributed by atoms with E-state index >= 15 is 0 Å². The van der Waals surface area contributed by atoms with Crippen LogP contribution in [0.5, 0.6) is 0 Å². The molecule has 158 valence electrons. The molecule has 0 aliphatic rings. The van der Waals surface area contributed by atoms with E-state index in [0.717, 1.165) is 0 Å². The second kappa shape index (κ2) is 14.0. The summed E-state index contributed by atoms with van der Waals surface area (Å²) in [7, 11) is 0. The van der Waals surface area contributed by atoms with Crippen LogP contribution in [0.3, 0.4) is 0 Å². The normalized spacial score (nSPS) is 14.2. The van der Waals surface area contributed by atoms with E-state index in [2.05, 4.69) is 72.9 Å². The molecule has 0 aromatic carbocycles. The Morgan fingerprint density at radius 3 is 1.58 bits per heavy atom. The van der Waals surface area contributed by atoms with Crippen molar-refractivity contribution in [1.82, 2.24) is 10.6 Å². The van der Waals surface area contributed by atoms with Crippen LogP contribution in [0.2, 0.25) is 0 Å². The molecule has 0 rings (SSSR count). The van der Waals surface area contributed by atoms with E-state index in [1.165, 1.54) is 57.8 Å². The molecule has 0 aromatic heterocycles. The molecule has 0 amide bonds. The highest BCUT2D eigenvalue weighted by Crippen LogP contribution is 2.32. The van der Waals surface area contributed by atoms with E-state index < -0.39 is 0 Å². The lowest BCUT2D eigenvalue weighted by Gasteiger charge is -2.47. The SMILES string of the molecule is CCCCCCCCC(NC(C)C)C(CC(C)C)(CC(C)C)NC(C)C. The van der Waals surface area contributed by atoms with Gasteiger partial charge in [0, 0.05) is 23.7 Å². The minimum absolute atomic E-state index is 0.199. The van der Waals surface area contributed by atoms with E-state index in [0.29, 0.717) is 30.0 Å². The van der Waals surface area contributed by atoms with Crippen molar-refractivity contribution in [3.05, 3.63) is 0 Å². The summed E-state index contributed by atoms with van der Waals surface area (Å²) in [5.41, 5.74) is 0.199. The molecule has 0 aliphatic carbocycles. The molecule has 0 radical (unpaired) electrons. The van der Waals surface area contributed by atoms with Gasteiger partial charge in [-0.05, 0) is 31.1 Å². The summed E-state index contributed by atoms with van der Waals surface area (Å²) in [6.45, 7) is 21.1. The monoisotopic (exact) mass is 368 g/mol. The van der Waals surface area contributed by atoms with Crippen molar-refractivity contribution < 1.29 is 0 Å². The fourth-order valence-corrected chi connectivity index (χ4v) is 4.67. The number of unbranched alkanes of at least 4 members (excludes halogenated alkanes) is 5. The number of hydrogen-bond donors (Lipinski definition) is 2. The van der Waals surface area contributed by atoms with Crippen molar-refractivity contribution in [2.24, 2.45) is 11.8 Å². The number of rotatable bonds is 16. The molecule has 0 spiro atoms. The lowest BCUT2D eigenvalue weighted by molar-refractivity contribution is 0.134. The van der Waals surface area contributed by atoms with Gasteiger partial charge >= 0.3 is 0 Å². The summed E-state index contributed by atoms with van der Waals surface area (Å²) < 4.78 is 0. The third kappa shape index (κ3) is 11.6. The molecule has 2 heteroatoms. The molecule has 2 nitrogen and oxygen atoms in total. The van der Waals surface area contributed by atoms with Gasteiger partial charge in [0.2, 0.25) is 0 Å². The fraction of sp³-hybridized carbons (Fsp3) is 1.00. The van der Waals surface area contributed by atoms with Gasteiger partial charge in [0.05, 0.1) is 0 Å². The number of hydrogen-bond acceptors (Lipinski definition) is 2. The van der Waals surface area contributed by atoms with Crippen molar-refractivity contribution >= 4 is 0 Å². The van der Waals surface area contributed by atoms with Gasteiger partial charge in [-0.2, -0.15) is 0 Å². The molecule has 1 unspecified atom stereocenters. The highest BCUT2D eigenvalue weighted by molar-refractivity contribution is 5.01. The van der Waals surface area contributed by atoms with Gasteiger partial charge in [0.1, 0.15) is 0 Å². The van der Waals surface area contributed by atoms with Crippen LogP contribution in [0.15, 0.2) is 0 Å². The van der Waals surface area contributed by atoms with Crippen LogP contribution in [0, 0.1) is 11.8 Å². The smallest absolute Gasteiger partial charge is 0.0342 e. The van der Waals surface area contributed by atoms with Crippen molar-refractivity contribution in [2.75, 3.05) is 0 Å². The predicted molar refractivity (Wildman–Crippen MR) is 120 cm³/mol. The van der Waals surface area contributed by atoms with Gasteiger partial charge in [-0.3, -0.25) is 0 Å². The lowest BCUT2D eigenvalue weighted by Crippen LogP contribution is -2.63. The van der Waals surface area contributed by atoms with Gasteiger partial charge < -0.3 is 10.6 Å². The summed E-state index contributed by atoms with van der Waals surface area (Å²) in [6.07, 6.45) is 12.1. The maximum absolute atomic E-state index is 4.06. The Morgan fingerprint density at radius 2 is 1.15 bits per heavy atom. The standard InChI is InChI=1S/C24H52N2/c1-10-11-12-13-14-15-16-23(25-21(6)7)24(17-19(2)3,18-20(4)5)26-22(8)9/h19-23,25-26H,10-18H2,1-9H3. The van der Waals surface area contributed by atoms with Crippen LogP contribution < -0.4 is 10.6 Å². The van der Waals surface area contributed by atoms with Crippen LogP contribution in [0.4, 0.5) is 0 Å². The third-order valence-corrected chi connectivity index (χ3v) is 5.17. The Kier molecular flexibility index (Phi) is 14.0. The van der Waals surface area contributed by atoms with Crippen LogP contribution in [0.25, 0.3) is 0 Å². The Bertz CT molecular complexity index is 294. The van der Waals surface area contributed by atoms with Crippen molar-refractivity contribution in [3.63, 3.8) is 0 Å². The molecule has 0 aliphatic heterocycles. The van der Waals surface area contributed by atoms with E-state index in [-0.39, 0.29) is 5.54 Å². The van der Waals surface area contributed by atoms with Crippen molar-refractivity contribution in [3.8, 4) is 0 Å². The molecule has 0 aromatic rings. The minimum atomic E-state index is 0.199. The Morgan fingerprint density at radius 1 is 0.654 bits per heavy atom. The van der Waals surface area contributed by atoms with Gasteiger partial charge in [-0.25, -0.2) is 0 Å². The number of nitrogens with one attached hydrogen (secondary N) is 2. The average molecular weight is 369 g/mol. The van der Waals surface area contributed by atoms with E-state index in [9.17, 15) is 0 Å². The maximum atomic E-state index is 4.06. The zero-order valence-electron chi connectivity index (χ0n) is 19.8. The predicted octanol–water partition coefficient (Wildman–Crippen LogP) is 6.93. The molecule has 26 heavy (non-hydrogen) atoms. The molecule has 0 heterocycles. The fourth-order valence-electron chi connectivity index (χ4n) is 4.67. The topological polar surface area (TPSA) is 24.1 Å². The van der Waals surface area contributed by atoms with Crippen molar-refractivity contribution in [1.29, 1.82) is 0 Å². The largest absolute Gasteiger partial charge is 0.310 e. The van der Waals surface area contributed by atoms with Gasteiger partial charge in [0.15, 0.2) is 0 Å². The summed E-state index contributed by atoms with van der Waals surface area (Å²) in [5, 5.41) is 8.04. The molecular weight excluding hydrogens is 316 g/mol. The summed E-state index contributed by atoms with van der Waals surface area (Å²) in [6, 6.07) is 1.61. The first kappa shape index (κ1) is 25.9. The maximum Gasteiger partial charge on any atom is 0.0342 e. The van der Waals surface area contributed by atoms with E-state index in [4.69, 9.17) is 0 Å². The van der Waals surface area contributed by atoms with Gasteiger partial charge in [0.25, 0.3) is 0 Å². The average Bonchev–Trinajstić information content (AvgIpc) is 2.46. The van der Waals surface area contributed by atoms with Crippen LogP contribution >= 0.6 is 0 Å². The third-order valence-electron chi connectivity index (χ3n) is 5.17. The highest BCUT2D eigenvalue weighted by Gasteiger charge is 2.39. The van der Waals surface area contributed by atoms with Crippen LogP contribution in [-0.2, 0) is 0 Å². The van der Waals surface area contributed by atoms with Gasteiger partial charge in [-0.1, -0.05) is 101 Å². The second-order valence-electron chi connectivity index (χ2n) is 10.1. The zero-order chi connectivity index (χ0) is 20.2. The molecule has 0 saturated heterocycles. The first-order valence-electron chi connectivity index (χ1n) is 11.7. The van der Waals surface area contributed by atoms with Gasteiger partial charge in [-0.15, -0.1) is 0 Å². The Balaban J connectivity index is 5.26. The first-order valence-corrected chi connectivity index (χ1v) is 11.7. The van der Waals surface area contributed by atoms with E-state index in [1.807, 2.05) is 0 Å². The van der Waals surface area contributed by atoms with Crippen LogP contribution in [-0.4, -0.2) is 23.7 Å². The first-order chi connectivity index (χ1) is 12.1. The minimum Gasteiger partial charge on any atom is -0.310 e. The molecule has 0 saturated carbocycles. The van der Waals surface area contributed by atoms with Crippen molar-refractivity contribution in [2.45, 2.75) is 144 Å². The molecular formula is C24H52N2. The quantitative estimate of drug-likeness (QED) is 0.288. The Hall–Kier alpha value is -0.0800. The summed E-state index contributed by atoms with van der Waals surface area (Å²) in [5.74, 6) is 1.42. The molecule has 1 atom stereocenters. The highest BCUT2D eigenvalue weighted by atomic mass is 15.1. The summed E-state index contributed by atoms with van der Waals surface area (Å²) in [4.78, 5) is 0. The van der Waals surface area contributed by atoms with E-state index in [1.54, 1.807) is 0 Å². The van der Waals surface area contributed by atoms with Crippen LogP contribution in [0.1, 0.15) is 120 Å².